The van der Waals surface area contributed by atoms with E-state index in [-0.39, 0.29) is 0 Å². The summed E-state index contributed by atoms with van der Waals surface area (Å²) in [5.74, 6) is -0.557. The molecule has 1 aliphatic heterocycles. The van der Waals surface area contributed by atoms with Gasteiger partial charge in [-0.1, -0.05) is 26.2 Å². The quantitative estimate of drug-likeness (QED) is 0.820. The number of nitrogens with zero attached hydrogens (tertiary/aromatic N) is 1. The van der Waals surface area contributed by atoms with Crippen molar-refractivity contribution < 1.29 is 9.90 Å². The zero-order valence-electron chi connectivity index (χ0n) is 11.0. The molecular weight excluding hydrogens is 214 g/mol. The molecule has 2 fully saturated rings. The standard InChI is InChI=1S/C14H25NO2/c1-2-12-7-6-10-15(12)11-14(13(16)17)8-4-3-5-9-14/h12H,2-11H2,1H3,(H,16,17). The van der Waals surface area contributed by atoms with Crippen LogP contribution in [0.25, 0.3) is 0 Å². The van der Waals surface area contributed by atoms with E-state index in [1.807, 2.05) is 0 Å². The van der Waals surface area contributed by atoms with Crippen LogP contribution in [0.1, 0.15) is 58.3 Å². The number of rotatable bonds is 4. The number of likely N-dealkylation sites (tertiary alicyclic amines) is 1. The molecule has 1 N–H and O–H groups in total. The maximum Gasteiger partial charge on any atom is 0.310 e. The van der Waals surface area contributed by atoms with Crippen LogP contribution in [-0.4, -0.2) is 35.1 Å². The lowest BCUT2D eigenvalue weighted by Crippen LogP contribution is -2.46. The molecule has 0 bridgehead atoms. The van der Waals surface area contributed by atoms with Gasteiger partial charge in [0.1, 0.15) is 0 Å². The van der Waals surface area contributed by atoms with Gasteiger partial charge in [-0.2, -0.15) is 0 Å². The molecule has 1 saturated carbocycles. The molecule has 0 aromatic heterocycles. The highest BCUT2D eigenvalue weighted by molar-refractivity contribution is 5.75. The molecule has 3 nitrogen and oxygen atoms in total. The number of hydrogen-bond donors (Lipinski definition) is 1. The monoisotopic (exact) mass is 239 g/mol. The summed E-state index contributed by atoms with van der Waals surface area (Å²) in [6.45, 7) is 4.12. The maximum absolute atomic E-state index is 11.6. The molecule has 1 atom stereocenters. The number of carboxylic acids is 1. The molecule has 2 aliphatic rings. The average Bonchev–Trinajstić information content (AvgIpc) is 2.77. The van der Waals surface area contributed by atoms with Gasteiger partial charge in [-0.05, 0) is 38.6 Å². The molecule has 98 valence electrons. The molecule has 0 amide bonds. The van der Waals surface area contributed by atoms with Crippen molar-refractivity contribution in [1.29, 1.82) is 0 Å². The van der Waals surface area contributed by atoms with Crippen molar-refractivity contribution in [2.45, 2.75) is 64.3 Å². The Hall–Kier alpha value is -0.570. The Kier molecular flexibility index (Phi) is 4.08. The van der Waals surface area contributed by atoms with Gasteiger partial charge < -0.3 is 5.11 Å². The van der Waals surface area contributed by atoms with Crippen LogP contribution in [-0.2, 0) is 4.79 Å². The van der Waals surface area contributed by atoms with Crippen LogP contribution in [0.2, 0.25) is 0 Å². The first-order valence-corrected chi connectivity index (χ1v) is 7.15. The Bertz CT molecular complexity index is 271. The number of carboxylic acid groups (broad SMARTS) is 1. The van der Waals surface area contributed by atoms with Gasteiger partial charge in [-0.15, -0.1) is 0 Å². The minimum atomic E-state index is -0.557. The van der Waals surface area contributed by atoms with E-state index >= 15 is 0 Å². The Morgan fingerprint density at radius 2 is 2.00 bits per heavy atom. The predicted octanol–water partition coefficient (Wildman–Crippen LogP) is 2.90. The van der Waals surface area contributed by atoms with Crippen LogP contribution in [0.5, 0.6) is 0 Å². The Morgan fingerprint density at radius 3 is 2.59 bits per heavy atom. The highest BCUT2D eigenvalue weighted by Gasteiger charge is 2.42. The van der Waals surface area contributed by atoms with Crippen LogP contribution < -0.4 is 0 Å². The zero-order valence-corrected chi connectivity index (χ0v) is 11.0. The van der Waals surface area contributed by atoms with E-state index in [4.69, 9.17) is 0 Å². The predicted molar refractivity (Wildman–Crippen MR) is 68.0 cm³/mol. The summed E-state index contributed by atoms with van der Waals surface area (Å²) >= 11 is 0. The van der Waals surface area contributed by atoms with E-state index in [0.717, 1.165) is 45.2 Å². The van der Waals surface area contributed by atoms with E-state index in [1.165, 1.54) is 19.3 Å². The zero-order chi connectivity index (χ0) is 12.3. The molecule has 3 heteroatoms. The van der Waals surface area contributed by atoms with Crippen molar-refractivity contribution in [3.05, 3.63) is 0 Å². The van der Waals surface area contributed by atoms with Crippen LogP contribution in [0.15, 0.2) is 0 Å². The number of carbonyl (C=O) groups is 1. The summed E-state index contributed by atoms with van der Waals surface area (Å²) < 4.78 is 0. The molecule has 0 radical (unpaired) electrons. The fourth-order valence-electron chi connectivity index (χ4n) is 3.62. The van der Waals surface area contributed by atoms with Gasteiger partial charge in [0.25, 0.3) is 0 Å². The molecule has 1 unspecified atom stereocenters. The third-order valence-corrected chi connectivity index (χ3v) is 4.74. The summed E-state index contributed by atoms with van der Waals surface area (Å²) in [6.07, 6.45) is 8.83. The van der Waals surface area contributed by atoms with E-state index in [9.17, 15) is 9.90 Å². The maximum atomic E-state index is 11.6. The van der Waals surface area contributed by atoms with Gasteiger partial charge in [0, 0.05) is 12.6 Å². The largest absolute Gasteiger partial charge is 0.481 e. The smallest absolute Gasteiger partial charge is 0.310 e. The van der Waals surface area contributed by atoms with Crippen LogP contribution >= 0.6 is 0 Å². The minimum absolute atomic E-state index is 0.435. The first kappa shape index (κ1) is 12.9. The Morgan fingerprint density at radius 1 is 1.29 bits per heavy atom. The molecule has 1 saturated heterocycles. The lowest BCUT2D eigenvalue weighted by atomic mass is 9.73. The second kappa shape index (κ2) is 5.38. The lowest BCUT2D eigenvalue weighted by molar-refractivity contribution is -0.152. The summed E-state index contributed by atoms with van der Waals surface area (Å²) in [5.41, 5.74) is -0.435. The normalized spacial score (nSPS) is 29.4. The second-order valence-corrected chi connectivity index (χ2v) is 5.82. The molecule has 2 rings (SSSR count). The van der Waals surface area contributed by atoms with E-state index in [2.05, 4.69) is 11.8 Å². The molecule has 0 spiro atoms. The third-order valence-electron chi connectivity index (χ3n) is 4.74. The molecule has 0 aromatic carbocycles. The third kappa shape index (κ3) is 2.65. The number of aliphatic carboxylic acids is 1. The highest BCUT2D eigenvalue weighted by Crippen LogP contribution is 2.39. The van der Waals surface area contributed by atoms with Crippen molar-refractivity contribution in [2.24, 2.45) is 5.41 Å². The molecular formula is C14H25NO2. The van der Waals surface area contributed by atoms with Gasteiger partial charge in [0.05, 0.1) is 5.41 Å². The van der Waals surface area contributed by atoms with Gasteiger partial charge in [0.2, 0.25) is 0 Å². The van der Waals surface area contributed by atoms with Gasteiger partial charge >= 0.3 is 5.97 Å². The molecule has 1 aliphatic carbocycles. The summed E-state index contributed by atoms with van der Waals surface area (Å²) in [7, 11) is 0. The number of hydrogen-bond acceptors (Lipinski definition) is 2. The van der Waals surface area contributed by atoms with Gasteiger partial charge in [-0.25, -0.2) is 0 Å². The van der Waals surface area contributed by atoms with E-state index < -0.39 is 11.4 Å². The van der Waals surface area contributed by atoms with Crippen molar-refractivity contribution >= 4 is 5.97 Å². The van der Waals surface area contributed by atoms with Crippen molar-refractivity contribution in [3.63, 3.8) is 0 Å². The molecule has 0 aromatic rings. The van der Waals surface area contributed by atoms with Crippen molar-refractivity contribution in [3.8, 4) is 0 Å². The van der Waals surface area contributed by atoms with Gasteiger partial charge in [-0.3, -0.25) is 9.69 Å². The fourth-order valence-corrected chi connectivity index (χ4v) is 3.62. The molecule has 17 heavy (non-hydrogen) atoms. The van der Waals surface area contributed by atoms with E-state index in [1.54, 1.807) is 0 Å². The second-order valence-electron chi connectivity index (χ2n) is 5.82. The van der Waals surface area contributed by atoms with Crippen molar-refractivity contribution in [2.75, 3.05) is 13.1 Å². The first-order valence-electron chi connectivity index (χ1n) is 7.15. The van der Waals surface area contributed by atoms with Crippen LogP contribution in [0.3, 0.4) is 0 Å². The average molecular weight is 239 g/mol. The minimum Gasteiger partial charge on any atom is -0.481 e. The fraction of sp³-hybridized carbons (Fsp3) is 0.929. The van der Waals surface area contributed by atoms with Crippen LogP contribution in [0.4, 0.5) is 0 Å². The van der Waals surface area contributed by atoms with Gasteiger partial charge in [0.15, 0.2) is 0 Å². The van der Waals surface area contributed by atoms with E-state index in [0.29, 0.717) is 6.04 Å². The lowest BCUT2D eigenvalue weighted by Gasteiger charge is -2.38. The molecule has 1 heterocycles. The Labute approximate surface area is 104 Å². The first-order chi connectivity index (χ1) is 8.18. The summed E-state index contributed by atoms with van der Waals surface area (Å²) in [4.78, 5) is 14.1. The summed E-state index contributed by atoms with van der Waals surface area (Å²) in [6, 6.07) is 0.633. The Balaban J connectivity index is 2.04. The van der Waals surface area contributed by atoms with Crippen LogP contribution in [0, 0.1) is 5.41 Å². The topological polar surface area (TPSA) is 40.5 Å². The summed E-state index contributed by atoms with van der Waals surface area (Å²) in [5, 5.41) is 9.58. The highest BCUT2D eigenvalue weighted by atomic mass is 16.4. The van der Waals surface area contributed by atoms with Crippen molar-refractivity contribution in [1.82, 2.24) is 4.90 Å². The SMILES string of the molecule is CCC1CCCN1CC1(C(=O)O)CCCCC1.